The summed E-state index contributed by atoms with van der Waals surface area (Å²) in [7, 11) is 1.30. The number of amides is 1. The Balaban J connectivity index is 1.81. The smallest absolute Gasteiger partial charge is 0.328 e. The van der Waals surface area contributed by atoms with Gasteiger partial charge in [-0.3, -0.25) is 4.79 Å². The Hall–Kier alpha value is -2.92. The van der Waals surface area contributed by atoms with Crippen LogP contribution in [0.25, 0.3) is 6.08 Å². The van der Waals surface area contributed by atoms with E-state index in [1.54, 1.807) is 0 Å². The lowest BCUT2D eigenvalue weighted by molar-refractivity contribution is -0.145. The number of rotatable bonds is 9. The number of ether oxygens (including phenoxy) is 2. The Morgan fingerprint density at radius 2 is 1.69 bits per heavy atom. The lowest BCUT2D eigenvalue weighted by Gasteiger charge is -2.15. The van der Waals surface area contributed by atoms with Gasteiger partial charge in [-0.2, -0.15) is 0 Å². The number of carbonyl (C=O) groups excluding carboxylic acids is 2. The highest BCUT2D eigenvalue weighted by Gasteiger charge is 2.20. The lowest BCUT2D eigenvalue weighted by Crippen LogP contribution is -2.42. The van der Waals surface area contributed by atoms with Crippen LogP contribution in [0.15, 0.2) is 66.7 Å². The minimum absolute atomic E-state index is 0.120. The summed E-state index contributed by atoms with van der Waals surface area (Å²) in [5.74, 6) is -0.844. The summed E-state index contributed by atoms with van der Waals surface area (Å²) in [6.45, 7) is 0.218. The number of nitrogens with one attached hydrogen (secondary N) is 1. The normalized spacial score (nSPS) is 11.9. The molecule has 2 aromatic carbocycles. The van der Waals surface area contributed by atoms with E-state index in [-0.39, 0.29) is 12.5 Å². The second-order valence-electron chi connectivity index (χ2n) is 5.67. The van der Waals surface area contributed by atoms with E-state index in [9.17, 15) is 9.59 Å². The third-order valence-corrected chi connectivity index (χ3v) is 3.65. The molecule has 0 bridgehead atoms. The van der Waals surface area contributed by atoms with Gasteiger partial charge in [-0.25, -0.2) is 4.79 Å². The molecule has 0 saturated carbocycles. The molecule has 0 saturated heterocycles. The van der Waals surface area contributed by atoms with E-state index in [1.807, 2.05) is 72.8 Å². The highest BCUT2D eigenvalue weighted by Crippen LogP contribution is 2.05. The second-order valence-corrected chi connectivity index (χ2v) is 5.67. The Labute approximate surface area is 153 Å². The molecule has 0 radical (unpaired) electrons. The summed E-state index contributed by atoms with van der Waals surface area (Å²) in [5, 5.41) is 2.65. The van der Waals surface area contributed by atoms with Crippen molar-refractivity contribution in [2.45, 2.75) is 19.1 Å². The third-order valence-electron chi connectivity index (χ3n) is 3.65. The molecular formula is C21H23NO4. The van der Waals surface area contributed by atoms with Gasteiger partial charge in [0.2, 0.25) is 5.91 Å². The minimum atomic E-state index is -0.743. The minimum Gasteiger partial charge on any atom is -0.467 e. The molecule has 2 rings (SSSR count). The molecule has 2 aromatic rings. The highest BCUT2D eigenvalue weighted by atomic mass is 16.5. The molecular weight excluding hydrogens is 330 g/mol. The Morgan fingerprint density at radius 1 is 1.04 bits per heavy atom. The van der Waals surface area contributed by atoms with Crippen LogP contribution in [0.2, 0.25) is 0 Å². The fraction of sp³-hybridized carbons (Fsp3) is 0.238. The number of esters is 1. The maximum atomic E-state index is 12.0. The zero-order valence-corrected chi connectivity index (χ0v) is 14.8. The van der Waals surface area contributed by atoms with Crippen molar-refractivity contribution in [3.63, 3.8) is 0 Å². The van der Waals surface area contributed by atoms with Crippen molar-refractivity contribution in [3.8, 4) is 0 Å². The fourth-order valence-electron chi connectivity index (χ4n) is 2.33. The summed E-state index contributed by atoms with van der Waals surface area (Å²) < 4.78 is 10.1. The number of benzene rings is 2. The van der Waals surface area contributed by atoms with Crippen LogP contribution in [0.3, 0.4) is 0 Å². The molecule has 136 valence electrons. The van der Waals surface area contributed by atoms with Gasteiger partial charge in [-0.15, -0.1) is 0 Å². The molecule has 0 aromatic heterocycles. The standard InChI is InChI=1S/C21H23NO4/c1-25-21(24)19(14-8-13-17-9-4-2-5-10-17)22-20(23)16-26-15-18-11-6-3-7-12-18/h2-13,19H,14-16H2,1H3,(H,22,23)/b13-8+/t19-/m1/s1. The van der Waals surface area contributed by atoms with Crippen LogP contribution in [0.4, 0.5) is 0 Å². The van der Waals surface area contributed by atoms with Gasteiger partial charge in [0.1, 0.15) is 12.6 Å². The molecule has 26 heavy (non-hydrogen) atoms. The average Bonchev–Trinajstić information content (AvgIpc) is 2.68. The first-order valence-electron chi connectivity index (χ1n) is 8.39. The van der Waals surface area contributed by atoms with Gasteiger partial charge in [0.15, 0.2) is 0 Å². The highest BCUT2D eigenvalue weighted by molar-refractivity contribution is 5.85. The molecule has 1 atom stereocenters. The van der Waals surface area contributed by atoms with E-state index < -0.39 is 12.0 Å². The lowest BCUT2D eigenvalue weighted by atomic mass is 10.1. The van der Waals surface area contributed by atoms with E-state index in [4.69, 9.17) is 9.47 Å². The molecule has 0 aliphatic rings. The molecule has 0 heterocycles. The largest absolute Gasteiger partial charge is 0.467 e. The molecule has 5 heteroatoms. The van der Waals surface area contributed by atoms with Gasteiger partial charge in [-0.05, 0) is 17.5 Å². The van der Waals surface area contributed by atoms with E-state index in [0.29, 0.717) is 13.0 Å². The van der Waals surface area contributed by atoms with E-state index in [2.05, 4.69) is 5.32 Å². The summed E-state index contributed by atoms with van der Waals surface area (Å²) in [6.07, 6.45) is 4.07. The van der Waals surface area contributed by atoms with Crippen LogP contribution in [-0.4, -0.2) is 31.6 Å². The Kier molecular flexibility index (Phi) is 8.09. The third kappa shape index (κ3) is 6.91. The molecule has 1 amide bonds. The molecule has 5 nitrogen and oxygen atoms in total. The average molecular weight is 353 g/mol. The quantitative estimate of drug-likeness (QED) is 0.704. The van der Waals surface area contributed by atoms with Crippen molar-refractivity contribution >= 4 is 18.0 Å². The van der Waals surface area contributed by atoms with Crippen molar-refractivity contribution in [2.24, 2.45) is 0 Å². The van der Waals surface area contributed by atoms with Crippen molar-refractivity contribution in [1.82, 2.24) is 5.32 Å². The summed E-state index contributed by atoms with van der Waals surface area (Å²) in [5.41, 5.74) is 2.00. The van der Waals surface area contributed by atoms with E-state index in [1.165, 1.54) is 7.11 Å². The summed E-state index contributed by atoms with van der Waals surface area (Å²) in [6, 6.07) is 18.5. The number of hydrogen-bond donors (Lipinski definition) is 1. The van der Waals surface area contributed by atoms with Crippen LogP contribution >= 0.6 is 0 Å². The van der Waals surface area contributed by atoms with Crippen LogP contribution in [0.1, 0.15) is 17.5 Å². The first-order chi connectivity index (χ1) is 12.7. The van der Waals surface area contributed by atoms with Gasteiger partial charge in [0, 0.05) is 0 Å². The van der Waals surface area contributed by atoms with Crippen molar-refractivity contribution in [1.29, 1.82) is 0 Å². The van der Waals surface area contributed by atoms with Gasteiger partial charge in [0.25, 0.3) is 0 Å². The van der Waals surface area contributed by atoms with Gasteiger partial charge in [-0.1, -0.05) is 72.8 Å². The molecule has 0 unspecified atom stereocenters. The monoisotopic (exact) mass is 353 g/mol. The van der Waals surface area contributed by atoms with Crippen LogP contribution in [0.5, 0.6) is 0 Å². The predicted octanol–water partition coefficient (Wildman–Crippen LogP) is 2.96. The fourth-order valence-corrected chi connectivity index (χ4v) is 2.33. The Bertz CT molecular complexity index is 713. The van der Waals surface area contributed by atoms with Gasteiger partial charge in [0.05, 0.1) is 13.7 Å². The second kappa shape index (κ2) is 10.8. The topological polar surface area (TPSA) is 64.6 Å². The van der Waals surface area contributed by atoms with E-state index in [0.717, 1.165) is 11.1 Å². The zero-order valence-electron chi connectivity index (χ0n) is 14.8. The maximum absolute atomic E-state index is 12.0. The first kappa shape index (κ1) is 19.4. The molecule has 0 aliphatic carbocycles. The Morgan fingerprint density at radius 3 is 2.35 bits per heavy atom. The van der Waals surface area contributed by atoms with Crippen LogP contribution < -0.4 is 5.32 Å². The molecule has 0 spiro atoms. The number of hydrogen-bond acceptors (Lipinski definition) is 4. The maximum Gasteiger partial charge on any atom is 0.328 e. The molecule has 0 fully saturated rings. The van der Waals surface area contributed by atoms with Crippen LogP contribution in [-0.2, 0) is 25.7 Å². The van der Waals surface area contributed by atoms with Crippen molar-refractivity contribution in [2.75, 3.05) is 13.7 Å². The SMILES string of the molecule is COC(=O)[C@@H](C/C=C/c1ccccc1)NC(=O)COCc1ccccc1. The zero-order chi connectivity index (χ0) is 18.6. The predicted molar refractivity (Wildman–Crippen MR) is 100 cm³/mol. The number of carbonyl (C=O) groups is 2. The summed E-state index contributed by atoms with van der Waals surface area (Å²) >= 11 is 0. The first-order valence-corrected chi connectivity index (χ1v) is 8.39. The van der Waals surface area contributed by atoms with Crippen LogP contribution in [0, 0.1) is 0 Å². The van der Waals surface area contributed by atoms with Gasteiger partial charge >= 0.3 is 5.97 Å². The summed E-state index contributed by atoms with van der Waals surface area (Å²) in [4.78, 5) is 23.9. The molecule has 0 aliphatic heterocycles. The van der Waals surface area contributed by atoms with E-state index >= 15 is 0 Å². The van der Waals surface area contributed by atoms with Crippen molar-refractivity contribution in [3.05, 3.63) is 77.9 Å². The van der Waals surface area contributed by atoms with Gasteiger partial charge < -0.3 is 14.8 Å². The number of methoxy groups -OCH3 is 1. The molecule has 1 N–H and O–H groups in total. The van der Waals surface area contributed by atoms with Crippen molar-refractivity contribution < 1.29 is 19.1 Å².